The third-order valence-electron chi connectivity index (χ3n) is 2.76. The molecule has 0 radical (unpaired) electrons. The molecule has 1 aromatic rings. The largest absolute Gasteiger partial charge is 0.493 e. The first-order valence-electron chi connectivity index (χ1n) is 6.41. The van der Waals surface area contributed by atoms with Crippen molar-refractivity contribution in [3.05, 3.63) is 28.8 Å². The summed E-state index contributed by atoms with van der Waals surface area (Å²) in [7, 11) is 0. The Morgan fingerprint density at radius 3 is 2.44 bits per heavy atom. The smallest absolute Gasteiger partial charge is 0.338 e. The average Bonchev–Trinajstić information content (AvgIpc) is 2.30. The normalized spacial score (nSPS) is 10.6. The summed E-state index contributed by atoms with van der Waals surface area (Å²) in [5, 5.41) is 0. The molecule has 100 valence electrons. The molecule has 0 spiro atoms. The maximum atomic E-state index is 11.9. The molecule has 0 atom stereocenters. The van der Waals surface area contributed by atoms with Gasteiger partial charge in [-0.05, 0) is 57.4 Å². The van der Waals surface area contributed by atoms with E-state index in [1.807, 2.05) is 33.8 Å². The Hall–Kier alpha value is -1.51. The van der Waals surface area contributed by atoms with Gasteiger partial charge in [-0.15, -0.1) is 0 Å². The highest BCUT2D eigenvalue weighted by Crippen LogP contribution is 2.25. The molecule has 0 heterocycles. The standard InChI is InChI=1S/C15H22O3/c1-6-9-17-14-8-7-13(11(4)12(14)5)15(16)18-10(2)3/h7-8,10H,6,9H2,1-5H3. The lowest BCUT2D eigenvalue weighted by molar-refractivity contribution is 0.0377. The van der Waals surface area contributed by atoms with Crippen LogP contribution in [0.2, 0.25) is 0 Å². The molecule has 0 saturated carbocycles. The van der Waals surface area contributed by atoms with Crippen LogP contribution in [-0.4, -0.2) is 18.7 Å². The van der Waals surface area contributed by atoms with Crippen molar-refractivity contribution in [3.63, 3.8) is 0 Å². The van der Waals surface area contributed by atoms with Gasteiger partial charge in [0.15, 0.2) is 0 Å². The first-order valence-corrected chi connectivity index (χ1v) is 6.41. The predicted molar refractivity (Wildman–Crippen MR) is 72.3 cm³/mol. The van der Waals surface area contributed by atoms with Gasteiger partial charge in [0.1, 0.15) is 5.75 Å². The van der Waals surface area contributed by atoms with E-state index in [9.17, 15) is 4.79 Å². The lowest BCUT2D eigenvalue weighted by Gasteiger charge is -2.14. The average molecular weight is 250 g/mol. The SMILES string of the molecule is CCCOc1ccc(C(=O)OC(C)C)c(C)c1C. The molecule has 0 bridgehead atoms. The Kier molecular flexibility index (Phi) is 5.20. The van der Waals surface area contributed by atoms with E-state index in [0.717, 1.165) is 23.3 Å². The summed E-state index contributed by atoms with van der Waals surface area (Å²) in [6, 6.07) is 3.62. The summed E-state index contributed by atoms with van der Waals surface area (Å²) in [5.41, 5.74) is 2.54. The van der Waals surface area contributed by atoms with Crippen molar-refractivity contribution in [2.75, 3.05) is 6.61 Å². The highest BCUT2D eigenvalue weighted by Gasteiger charge is 2.15. The van der Waals surface area contributed by atoms with Gasteiger partial charge in [-0.25, -0.2) is 4.79 Å². The summed E-state index contributed by atoms with van der Waals surface area (Å²) in [5.74, 6) is 0.572. The molecule has 0 unspecified atom stereocenters. The molecule has 3 heteroatoms. The summed E-state index contributed by atoms with van der Waals surface area (Å²) >= 11 is 0. The number of carbonyl (C=O) groups is 1. The van der Waals surface area contributed by atoms with Gasteiger partial charge in [-0.2, -0.15) is 0 Å². The van der Waals surface area contributed by atoms with Crippen molar-refractivity contribution >= 4 is 5.97 Å². The Morgan fingerprint density at radius 2 is 1.89 bits per heavy atom. The molecule has 1 aromatic carbocycles. The lowest BCUT2D eigenvalue weighted by atomic mass is 10.0. The van der Waals surface area contributed by atoms with E-state index in [2.05, 4.69) is 6.92 Å². The molecule has 18 heavy (non-hydrogen) atoms. The Labute approximate surface area is 109 Å². The minimum Gasteiger partial charge on any atom is -0.493 e. The zero-order valence-corrected chi connectivity index (χ0v) is 11.9. The first-order chi connectivity index (χ1) is 8.47. The fourth-order valence-electron chi connectivity index (χ4n) is 1.66. The third kappa shape index (κ3) is 3.49. The zero-order chi connectivity index (χ0) is 13.7. The lowest BCUT2D eigenvalue weighted by Crippen LogP contribution is -2.13. The van der Waals surface area contributed by atoms with Crippen LogP contribution in [0.15, 0.2) is 12.1 Å². The van der Waals surface area contributed by atoms with Gasteiger partial charge in [-0.3, -0.25) is 0 Å². The zero-order valence-electron chi connectivity index (χ0n) is 11.9. The van der Waals surface area contributed by atoms with E-state index in [4.69, 9.17) is 9.47 Å². The van der Waals surface area contributed by atoms with Gasteiger partial charge in [0.25, 0.3) is 0 Å². The number of esters is 1. The molecule has 1 rings (SSSR count). The van der Waals surface area contributed by atoms with Crippen molar-refractivity contribution in [1.29, 1.82) is 0 Å². The molecule has 0 aliphatic rings. The molecule has 0 amide bonds. The van der Waals surface area contributed by atoms with Gasteiger partial charge in [0.2, 0.25) is 0 Å². The number of ether oxygens (including phenoxy) is 2. The van der Waals surface area contributed by atoms with Gasteiger partial charge >= 0.3 is 5.97 Å². The van der Waals surface area contributed by atoms with E-state index in [1.165, 1.54) is 0 Å². The number of rotatable bonds is 5. The van der Waals surface area contributed by atoms with Crippen LogP contribution in [0.25, 0.3) is 0 Å². The second-order valence-electron chi connectivity index (χ2n) is 4.66. The highest BCUT2D eigenvalue weighted by molar-refractivity contribution is 5.91. The minimum atomic E-state index is -0.271. The van der Waals surface area contributed by atoms with Crippen molar-refractivity contribution < 1.29 is 14.3 Å². The Morgan fingerprint density at radius 1 is 1.22 bits per heavy atom. The van der Waals surface area contributed by atoms with Crippen molar-refractivity contribution in [1.82, 2.24) is 0 Å². The van der Waals surface area contributed by atoms with Crippen molar-refractivity contribution in [2.24, 2.45) is 0 Å². The maximum absolute atomic E-state index is 11.9. The molecule has 0 saturated heterocycles. The summed E-state index contributed by atoms with van der Waals surface area (Å²) in [4.78, 5) is 11.9. The van der Waals surface area contributed by atoms with Crippen LogP contribution in [0.4, 0.5) is 0 Å². The molecule has 0 aliphatic carbocycles. The van der Waals surface area contributed by atoms with Crippen molar-refractivity contribution in [3.8, 4) is 5.75 Å². The first kappa shape index (κ1) is 14.6. The molecule has 0 N–H and O–H groups in total. The molecular weight excluding hydrogens is 228 g/mol. The van der Waals surface area contributed by atoms with Gasteiger partial charge in [-0.1, -0.05) is 6.92 Å². The third-order valence-corrected chi connectivity index (χ3v) is 2.76. The summed E-state index contributed by atoms with van der Waals surface area (Å²) in [6.07, 6.45) is 0.864. The van der Waals surface area contributed by atoms with Crippen LogP contribution < -0.4 is 4.74 Å². The fourth-order valence-corrected chi connectivity index (χ4v) is 1.66. The molecule has 0 aromatic heterocycles. The highest BCUT2D eigenvalue weighted by atomic mass is 16.5. The summed E-state index contributed by atoms with van der Waals surface area (Å²) < 4.78 is 10.8. The van der Waals surface area contributed by atoms with E-state index < -0.39 is 0 Å². The molecule has 0 aliphatic heterocycles. The summed E-state index contributed by atoms with van der Waals surface area (Å²) in [6.45, 7) is 10.3. The van der Waals surface area contributed by atoms with E-state index >= 15 is 0 Å². The Bertz CT molecular complexity index is 422. The quantitative estimate of drug-likeness (QED) is 0.748. The second kappa shape index (κ2) is 6.43. The van der Waals surface area contributed by atoms with Crippen LogP contribution in [0.1, 0.15) is 48.7 Å². The van der Waals surface area contributed by atoms with Crippen LogP contribution in [0.5, 0.6) is 5.75 Å². The molecular formula is C15H22O3. The fraction of sp³-hybridized carbons (Fsp3) is 0.533. The predicted octanol–water partition coefficient (Wildman–Crippen LogP) is 3.66. The number of benzene rings is 1. The van der Waals surface area contributed by atoms with Gasteiger partial charge in [0.05, 0.1) is 18.3 Å². The van der Waals surface area contributed by atoms with Crippen LogP contribution >= 0.6 is 0 Å². The minimum absolute atomic E-state index is 0.103. The molecule has 0 fully saturated rings. The van der Waals surface area contributed by atoms with Crippen molar-refractivity contribution in [2.45, 2.75) is 47.1 Å². The monoisotopic (exact) mass is 250 g/mol. The Balaban J connectivity index is 2.96. The number of hydrogen-bond donors (Lipinski definition) is 0. The molecule has 3 nitrogen and oxygen atoms in total. The number of carbonyl (C=O) groups excluding carboxylic acids is 1. The maximum Gasteiger partial charge on any atom is 0.338 e. The van der Waals surface area contributed by atoms with Crippen LogP contribution in [0.3, 0.4) is 0 Å². The van der Waals surface area contributed by atoms with Crippen LogP contribution in [0, 0.1) is 13.8 Å². The van der Waals surface area contributed by atoms with E-state index in [-0.39, 0.29) is 12.1 Å². The van der Waals surface area contributed by atoms with Gasteiger partial charge in [0, 0.05) is 0 Å². The van der Waals surface area contributed by atoms with E-state index in [0.29, 0.717) is 12.2 Å². The number of hydrogen-bond acceptors (Lipinski definition) is 3. The second-order valence-corrected chi connectivity index (χ2v) is 4.66. The van der Waals surface area contributed by atoms with Crippen LogP contribution in [-0.2, 0) is 4.74 Å². The van der Waals surface area contributed by atoms with E-state index in [1.54, 1.807) is 6.07 Å². The van der Waals surface area contributed by atoms with Gasteiger partial charge < -0.3 is 9.47 Å². The topological polar surface area (TPSA) is 35.5 Å².